The van der Waals surface area contributed by atoms with Gasteiger partial charge >= 0.3 is 0 Å². The average Bonchev–Trinajstić information content (AvgIpc) is 3.74. The van der Waals surface area contributed by atoms with Crippen LogP contribution in [0.5, 0.6) is 0 Å². The number of aromatic nitrogens is 2. The number of benzene rings is 2. The predicted octanol–water partition coefficient (Wildman–Crippen LogP) is 4.85. The van der Waals surface area contributed by atoms with Crippen molar-refractivity contribution in [3.05, 3.63) is 87.7 Å². The van der Waals surface area contributed by atoms with E-state index in [0.29, 0.717) is 11.3 Å². The van der Waals surface area contributed by atoms with Gasteiger partial charge in [-0.25, -0.2) is 9.37 Å². The number of piperidine rings is 1. The lowest BCUT2D eigenvalue weighted by molar-refractivity contribution is 0.0950. The summed E-state index contributed by atoms with van der Waals surface area (Å²) in [7, 11) is 0. The molecule has 1 aromatic heterocycles. The van der Waals surface area contributed by atoms with Crippen molar-refractivity contribution in [3.8, 4) is 5.69 Å². The summed E-state index contributed by atoms with van der Waals surface area (Å²) >= 11 is 0. The molecule has 0 radical (unpaired) electrons. The highest BCUT2D eigenvalue weighted by Gasteiger charge is 2.26. The van der Waals surface area contributed by atoms with Crippen molar-refractivity contribution < 1.29 is 9.18 Å². The minimum absolute atomic E-state index is 0.136. The maximum atomic E-state index is 14.9. The molecule has 200 valence electrons. The Balaban J connectivity index is 1.46. The molecule has 0 spiro atoms. The monoisotopic (exact) mass is 517 g/mol. The molecule has 2 aliphatic rings. The summed E-state index contributed by atoms with van der Waals surface area (Å²) in [5.74, 6) is -0.457. The molecule has 2 aromatic carbocycles. The maximum Gasteiger partial charge on any atom is 0.297 e. The first kappa shape index (κ1) is 26.1. The molecule has 2 heterocycles. The van der Waals surface area contributed by atoms with Crippen LogP contribution >= 0.6 is 0 Å². The number of nitrogens with zero attached hydrogens (tertiary/aromatic N) is 3. The van der Waals surface area contributed by atoms with Gasteiger partial charge in [-0.2, -0.15) is 0 Å². The van der Waals surface area contributed by atoms with E-state index < -0.39 is 5.82 Å². The van der Waals surface area contributed by atoms with Gasteiger partial charge in [0.15, 0.2) is 5.82 Å². The number of carbonyl (C=O) groups excluding carboxylic acids is 1. The molecule has 3 aromatic rings. The molecule has 1 aliphatic heterocycles. The number of rotatable bonds is 9. The van der Waals surface area contributed by atoms with Crippen molar-refractivity contribution in [2.24, 2.45) is 5.92 Å². The molecule has 2 fully saturated rings. The second-order valence-electron chi connectivity index (χ2n) is 10.7. The molecule has 7 nitrogen and oxygen atoms in total. The number of nitrogens with one attached hydrogen (secondary N) is 2. The van der Waals surface area contributed by atoms with E-state index in [1.807, 2.05) is 18.2 Å². The summed E-state index contributed by atoms with van der Waals surface area (Å²) in [6.45, 7) is 6.91. The maximum absolute atomic E-state index is 14.9. The summed E-state index contributed by atoms with van der Waals surface area (Å²) in [4.78, 5) is 33.2. The Morgan fingerprint density at radius 3 is 2.58 bits per heavy atom. The first-order valence-electron chi connectivity index (χ1n) is 13.6. The molecule has 5 rings (SSSR count). The molecule has 1 saturated carbocycles. The van der Waals surface area contributed by atoms with E-state index in [1.165, 1.54) is 42.3 Å². The second-order valence-corrected chi connectivity index (χ2v) is 10.7. The lowest BCUT2D eigenvalue weighted by atomic mass is 9.93. The molecule has 38 heavy (non-hydrogen) atoms. The molecular weight excluding hydrogens is 481 g/mol. The van der Waals surface area contributed by atoms with Gasteiger partial charge in [-0.05, 0) is 69.3 Å². The van der Waals surface area contributed by atoms with E-state index in [9.17, 15) is 14.0 Å². The van der Waals surface area contributed by atoms with Crippen LogP contribution in [0.1, 0.15) is 66.6 Å². The Morgan fingerprint density at radius 1 is 1.13 bits per heavy atom. The van der Waals surface area contributed by atoms with Gasteiger partial charge in [-0.3, -0.25) is 14.2 Å². The molecule has 2 atom stereocenters. The van der Waals surface area contributed by atoms with E-state index in [1.54, 1.807) is 13.0 Å². The van der Waals surface area contributed by atoms with Crippen LogP contribution in [-0.4, -0.2) is 46.0 Å². The number of halogens is 1. The van der Waals surface area contributed by atoms with Gasteiger partial charge in [0.05, 0.1) is 11.7 Å². The summed E-state index contributed by atoms with van der Waals surface area (Å²) in [5, 5.41) is 6.31. The SMILES string of the molecule is Cc1c(F)cc(C(=O)NC2CC2)cc1-n1ccnc(N[C@@H](c2ccccc2)[C@H](C)CN2CCCCC2)c1=O. The minimum Gasteiger partial charge on any atom is -0.358 e. The van der Waals surface area contributed by atoms with Crippen LogP contribution in [-0.2, 0) is 0 Å². The quantitative estimate of drug-likeness (QED) is 0.424. The van der Waals surface area contributed by atoms with E-state index in [0.717, 1.165) is 38.0 Å². The summed E-state index contributed by atoms with van der Waals surface area (Å²) in [6, 6.07) is 12.9. The lowest BCUT2D eigenvalue weighted by Gasteiger charge is -2.33. The van der Waals surface area contributed by atoms with E-state index in [4.69, 9.17) is 0 Å². The molecule has 1 saturated heterocycles. The molecule has 0 unspecified atom stereocenters. The van der Waals surface area contributed by atoms with Crippen molar-refractivity contribution >= 4 is 11.7 Å². The van der Waals surface area contributed by atoms with E-state index >= 15 is 0 Å². The van der Waals surface area contributed by atoms with Gasteiger partial charge < -0.3 is 15.5 Å². The van der Waals surface area contributed by atoms with Crippen LogP contribution in [0.2, 0.25) is 0 Å². The average molecular weight is 518 g/mol. The number of hydrogen-bond donors (Lipinski definition) is 2. The van der Waals surface area contributed by atoms with Crippen LogP contribution in [0.3, 0.4) is 0 Å². The highest BCUT2D eigenvalue weighted by Crippen LogP contribution is 2.27. The van der Waals surface area contributed by atoms with Crippen molar-refractivity contribution in [2.75, 3.05) is 25.0 Å². The molecule has 0 bridgehead atoms. The normalized spacial score (nSPS) is 17.6. The third-order valence-electron chi connectivity index (χ3n) is 7.61. The van der Waals surface area contributed by atoms with Gasteiger partial charge in [0.2, 0.25) is 0 Å². The molecule has 1 amide bonds. The Hall–Kier alpha value is -3.52. The summed E-state index contributed by atoms with van der Waals surface area (Å²) in [6.07, 6.45) is 8.64. The van der Waals surface area contributed by atoms with Crippen LogP contribution in [0.15, 0.2) is 59.7 Å². The first-order chi connectivity index (χ1) is 18.4. The minimum atomic E-state index is -0.529. The van der Waals surface area contributed by atoms with E-state index in [-0.39, 0.29) is 40.8 Å². The molecule has 2 N–H and O–H groups in total. The van der Waals surface area contributed by atoms with Gasteiger partial charge in [0, 0.05) is 36.1 Å². The predicted molar refractivity (Wildman–Crippen MR) is 147 cm³/mol. The Labute approximate surface area is 223 Å². The zero-order valence-corrected chi connectivity index (χ0v) is 22.1. The van der Waals surface area contributed by atoms with Crippen LogP contribution in [0.25, 0.3) is 5.69 Å². The fourth-order valence-corrected chi connectivity index (χ4v) is 5.26. The van der Waals surface area contributed by atoms with E-state index in [2.05, 4.69) is 39.6 Å². The fourth-order valence-electron chi connectivity index (χ4n) is 5.26. The standard InChI is InChI=1S/C30H36FN5O2/c1-20(19-35-14-7-4-8-15-35)27(22-9-5-3-6-10-22)34-28-30(38)36(16-13-32-28)26-18-23(17-25(31)21(26)2)29(37)33-24-11-12-24/h3,5-6,9-10,13,16-18,20,24,27H,4,7-8,11-12,14-15,19H2,1-2H3,(H,32,34)(H,33,37)/t20-,27-/m1/s1. The van der Waals surface area contributed by atoms with Gasteiger partial charge in [0.1, 0.15) is 5.82 Å². The van der Waals surface area contributed by atoms with Gasteiger partial charge in [0.25, 0.3) is 11.5 Å². The lowest BCUT2D eigenvalue weighted by Crippen LogP contribution is -2.37. The molecular formula is C30H36FN5O2. The van der Waals surface area contributed by atoms with Crippen molar-refractivity contribution in [3.63, 3.8) is 0 Å². The second kappa shape index (κ2) is 11.5. The number of carbonyl (C=O) groups is 1. The van der Waals surface area contributed by atoms with Crippen LogP contribution < -0.4 is 16.2 Å². The third kappa shape index (κ3) is 5.96. The summed E-state index contributed by atoms with van der Waals surface area (Å²) < 4.78 is 16.3. The number of anilines is 1. The van der Waals surface area contributed by atoms with Crippen LogP contribution in [0, 0.1) is 18.7 Å². The first-order valence-corrected chi connectivity index (χ1v) is 13.6. The smallest absolute Gasteiger partial charge is 0.297 e. The Bertz CT molecular complexity index is 1330. The van der Waals surface area contributed by atoms with Crippen molar-refractivity contribution in [2.45, 2.75) is 58.0 Å². The largest absolute Gasteiger partial charge is 0.358 e. The Morgan fingerprint density at radius 2 is 1.87 bits per heavy atom. The Kier molecular flexibility index (Phi) is 7.88. The number of hydrogen-bond acceptors (Lipinski definition) is 5. The zero-order valence-electron chi connectivity index (χ0n) is 22.1. The van der Waals surface area contributed by atoms with Gasteiger partial charge in [-0.1, -0.05) is 43.7 Å². The zero-order chi connectivity index (χ0) is 26.6. The van der Waals surface area contributed by atoms with Crippen molar-refractivity contribution in [1.82, 2.24) is 19.8 Å². The third-order valence-corrected chi connectivity index (χ3v) is 7.61. The van der Waals surface area contributed by atoms with Gasteiger partial charge in [-0.15, -0.1) is 0 Å². The topological polar surface area (TPSA) is 79.3 Å². The van der Waals surface area contributed by atoms with Crippen LogP contribution in [0.4, 0.5) is 10.2 Å². The van der Waals surface area contributed by atoms with Crippen molar-refractivity contribution in [1.29, 1.82) is 0 Å². The molecule has 1 aliphatic carbocycles. The summed E-state index contributed by atoms with van der Waals surface area (Å²) in [5.41, 5.74) is 1.52. The highest BCUT2D eigenvalue weighted by atomic mass is 19.1. The fraction of sp³-hybridized carbons (Fsp3) is 0.433. The molecule has 8 heteroatoms. The number of amides is 1. The number of likely N-dealkylation sites (tertiary alicyclic amines) is 1. The highest BCUT2D eigenvalue weighted by molar-refractivity contribution is 5.95.